The molecule has 2 aromatic carbocycles. The minimum Gasteiger partial charge on any atom is -0.322 e. The molecular weight excluding hydrogens is 346 g/mol. The Balaban J connectivity index is 1.77. The van der Waals surface area contributed by atoms with Crippen LogP contribution in [0.3, 0.4) is 0 Å². The van der Waals surface area contributed by atoms with Crippen LogP contribution in [-0.4, -0.2) is 16.8 Å². The summed E-state index contributed by atoms with van der Waals surface area (Å²) in [5.41, 5.74) is 3.18. The Bertz CT molecular complexity index is 922. The Morgan fingerprint density at radius 3 is 2.65 bits per heavy atom. The Morgan fingerprint density at radius 1 is 1.15 bits per heavy atom. The quantitative estimate of drug-likeness (QED) is 0.735. The molecule has 0 radical (unpaired) electrons. The number of carbonyl (C=O) groups excluding carboxylic acids is 2. The molecule has 0 aliphatic rings. The standard InChI is InChI=1S/C20H19N3O2S/c1-14-6-3-4-9-18(14)19(25)22-17-8-5-7-16(12-17)13-23(15(2)24)20-21-10-11-26-20/h3-12H,13H2,1-2H3,(H,22,25). The van der Waals surface area contributed by atoms with Crippen molar-refractivity contribution in [1.29, 1.82) is 0 Å². The van der Waals surface area contributed by atoms with Gasteiger partial charge in [-0.25, -0.2) is 4.98 Å². The topological polar surface area (TPSA) is 62.3 Å². The van der Waals surface area contributed by atoms with Crippen molar-refractivity contribution < 1.29 is 9.59 Å². The number of amides is 2. The van der Waals surface area contributed by atoms with Crippen LogP contribution in [0.1, 0.15) is 28.4 Å². The molecule has 0 saturated carbocycles. The summed E-state index contributed by atoms with van der Waals surface area (Å²) in [5.74, 6) is -0.224. The molecule has 0 unspecified atom stereocenters. The van der Waals surface area contributed by atoms with E-state index in [1.54, 1.807) is 17.2 Å². The monoisotopic (exact) mass is 365 g/mol. The number of benzene rings is 2. The molecule has 0 aliphatic carbocycles. The van der Waals surface area contributed by atoms with Gasteiger partial charge in [-0.2, -0.15) is 0 Å². The lowest BCUT2D eigenvalue weighted by Crippen LogP contribution is -2.27. The van der Waals surface area contributed by atoms with Gasteiger partial charge in [-0.3, -0.25) is 14.5 Å². The van der Waals surface area contributed by atoms with Crippen LogP contribution in [0, 0.1) is 6.92 Å². The fourth-order valence-corrected chi connectivity index (χ4v) is 3.30. The smallest absolute Gasteiger partial charge is 0.255 e. The molecule has 0 atom stereocenters. The fourth-order valence-electron chi connectivity index (χ4n) is 2.62. The molecule has 6 heteroatoms. The Morgan fingerprint density at radius 2 is 1.96 bits per heavy atom. The maximum absolute atomic E-state index is 12.5. The maximum atomic E-state index is 12.5. The number of aromatic nitrogens is 1. The number of nitrogens with one attached hydrogen (secondary N) is 1. The van der Waals surface area contributed by atoms with E-state index < -0.39 is 0 Å². The van der Waals surface area contributed by atoms with E-state index in [9.17, 15) is 9.59 Å². The highest BCUT2D eigenvalue weighted by atomic mass is 32.1. The zero-order valence-corrected chi connectivity index (χ0v) is 15.4. The molecule has 26 heavy (non-hydrogen) atoms. The van der Waals surface area contributed by atoms with Crippen LogP contribution < -0.4 is 10.2 Å². The summed E-state index contributed by atoms with van der Waals surface area (Å²) in [7, 11) is 0. The summed E-state index contributed by atoms with van der Waals surface area (Å²) in [6.45, 7) is 3.83. The van der Waals surface area contributed by atoms with Crippen LogP contribution in [0.4, 0.5) is 10.8 Å². The highest BCUT2D eigenvalue weighted by Crippen LogP contribution is 2.22. The first kappa shape index (κ1) is 17.8. The van der Waals surface area contributed by atoms with Gasteiger partial charge in [-0.05, 0) is 36.2 Å². The van der Waals surface area contributed by atoms with E-state index in [1.165, 1.54) is 18.3 Å². The summed E-state index contributed by atoms with van der Waals surface area (Å²) >= 11 is 1.42. The lowest BCUT2D eigenvalue weighted by atomic mass is 10.1. The van der Waals surface area contributed by atoms with Crippen LogP contribution in [-0.2, 0) is 11.3 Å². The van der Waals surface area contributed by atoms with E-state index in [-0.39, 0.29) is 11.8 Å². The second kappa shape index (κ2) is 7.93. The van der Waals surface area contributed by atoms with Crippen molar-refractivity contribution >= 4 is 34.0 Å². The average molecular weight is 365 g/mol. The summed E-state index contributed by atoms with van der Waals surface area (Å²) in [5, 5.41) is 5.42. The van der Waals surface area contributed by atoms with Crippen molar-refractivity contribution in [2.24, 2.45) is 0 Å². The van der Waals surface area contributed by atoms with Crippen molar-refractivity contribution in [2.45, 2.75) is 20.4 Å². The van der Waals surface area contributed by atoms with Gasteiger partial charge in [-0.1, -0.05) is 30.3 Å². The van der Waals surface area contributed by atoms with E-state index in [0.717, 1.165) is 11.1 Å². The molecule has 1 N–H and O–H groups in total. The van der Waals surface area contributed by atoms with Crippen LogP contribution >= 0.6 is 11.3 Å². The van der Waals surface area contributed by atoms with Crippen molar-refractivity contribution in [3.05, 3.63) is 76.8 Å². The van der Waals surface area contributed by atoms with Crippen molar-refractivity contribution in [3.63, 3.8) is 0 Å². The third-order valence-corrected chi connectivity index (χ3v) is 4.74. The lowest BCUT2D eigenvalue weighted by molar-refractivity contribution is -0.116. The number of nitrogens with zero attached hydrogens (tertiary/aromatic N) is 2. The normalized spacial score (nSPS) is 10.4. The molecule has 5 nitrogen and oxygen atoms in total. The zero-order valence-electron chi connectivity index (χ0n) is 14.6. The molecule has 2 amide bonds. The predicted octanol–water partition coefficient (Wildman–Crippen LogP) is 4.26. The van der Waals surface area contributed by atoms with Gasteiger partial charge >= 0.3 is 0 Å². The zero-order chi connectivity index (χ0) is 18.5. The molecule has 0 fully saturated rings. The van der Waals surface area contributed by atoms with Gasteiger partial charge in [-0.15, -0.1) is 11.3 Å². The van der Waals surface area contributed by atoms with Gasteiger partial charge in [0.1, 0.15) is 0 Å². The Hall–Kier alpha value is -2.99. The highest BCUT2D eigenvalue weighted by Gasteiger charge is 2.15. The van der Waals surface area contributed by atoms with E-state index in [2.05, 4.69) is 10.3 Å². The van der Waals surface area contributed by atoms with E-state index in [0.29, 0.717) is 22.9 Å². The summed E-state index contributed by atoms with van der Waals surface area (Å²) in [4.78, 5) is 30.3. The molecule has 1 aromatic heterocycles. The Labute approximate surface area is 156 Å². The minimum absolute atomic E-state index is 0.0747. The molecule has 0 saturated heterocycles. The number of thiazole rings is 1. The molecule has 132 valence electrons. The molecule has 0 spiro atoms. The number of carbonyl (C=O) groups is 2. The molecular formula is C20H19N3O2S. The van der Waals surface area contributed by atoms with Gasteiger partial charge in [0.25, 0.3) is 5.91 Å². The lowest BCUT2D eigenvalue weighted by Gasteiger charge is -2.18. The summed E-state index contributed by atoms with van der Waals surface area (Å²) < 4.78 is 0. The van der Waals surface area contributed by atoms with Crippen molar-refractivity contribution in [1.82, 2.24) is 4.98 Å². The molecule has 0 aliphatic heterocycles. The maximum Gasteiger partial charge on any atom is 0.255 e. The number of anilines is 2. The Kier molecular flexibility index (Phi) is 5.43. The number of aryl methyl sites for hydroxylation is 1. The average Bonchev–Trinajstić information content (AvgIpc) is 3.14. The molecule has 3 aromatic rings. The SMILES string of the molecule is CC(=O)N(Cc1cccc(NC(=O)c2ccccc2C)c1)c1nccs1. The third-order valence-electron chi connectivity index (χ3n) is 3.95. The number of rotatable bonds is 5. The predicted molar refractivity (Wildman–Crippen MR) is 105 cm³/mol. The van der Waals surface area contributed by atoms with Gasteiger partial charge in [0.15, 0.2) is 5.13 Å². The van der Waals surface area contributed by atoms with Gasteiger partial charge < -0.3 is 5.32 Å². The van der Waals surface area contributed by atoms with Gasteiger partial charge in [0, 0.05) is 29.8 Å². The largest absolute Gasteiger partial charge is 0.322 e. The highest BCUT2D eigenvalue weighted by molar-refractivity contribution is 7.13. The second-order valence-corrected chi connectivity index (χ2v) is 6.76. The van der Waals surface area contributed by atoms with Crippen molar-refractivity contribution in [2.75, 3.05) is 10.2 Å². The summed E-state index contributed by atoms with van der Waals surface area (Å²) in [6, 6.07) is 15.0. The third kappa shape index (κ3) is 4.15. The second-order valence-electron chi connectivity index (χ2n) is 5.89. The first-order valence-corrected chi connectivity index (χ1v) is 9.06. The van der Waals surface area contributed by atoms with E-state index in [4.69, 9.17) is 0 Å². The van der Waals surface area contributed by atoms with Gasteiger partial charge in [0.2, 0.25) is 5.91 Å². The molecule has 1 heterocycles. The van der Waals surface area contributed by atoms with E-state index >= 15 is 0 Å². The number of hydrogen-bond donors (Lipinski definition) is 1. The molecule has 0 bridgehead atoms. The fraction of sp³-hybridized carbons (Fsp3) is 0.150. The van der Waals surface area contributed by atoms with Gasteiger partial charge in [0.05, 0.1) is 6.54 Å². The van der Waals surface area contributed by atoms with Crippen LogP contribution in [0.25, 0.3) is 0 Å². The summed E-state index contributed by atoms with van der Waals surface area (Å²) in [6.07, 6.45) is 1.68. The van der Waals surface area contributed by atoms with E-state index in [1.807, 2.05) is 54.8 Å². The number of hydrogen-bond acceptors (Lipinski definition) is 4. The first-order chi connectivity index (χ1) is 12.5. The van der Waals surface area contributed by atoms with Crippen molar-refractivity contribution in [3.8, 4) is 0 Å². The van der Waals surface area contributed by atoms with Crippen LogP contribution in [0.2, 0.25) is 0 Å². The van der Waals surface area contributed by atoms with Crippen LogP contribution in [0.5, 0.6) is 0 Å². The minimum atomic E-state index is -0.149. The van der Waals surface area contributed by atoms with Crippen LogP contribution in [0.15, 0.2) is 60.1 Å². The molecule has 3 rings (SSSR count). The first-order valence-electron chi connectivity index (χ1n) is 8.18.